The number of hydroxylamine groups is 1. The van der Waals surface area contributed by atoms with Gasteiger partial charge in [-0.3, -0.25) is 4.84 Å². The van der Waals surface area contributed by atoms with Crippen molar-refractivity contribution in [2.75, 3.05) is 0 Å². The molecule has 2 N–H and O–H groups in total. The van der Waals surface area contributed by atoms with Gasteiger partial charge >= 0.3 is 5.97 Å². The van der Waals surface area contributed by atoms with Crippen molar-refractivity contribution in [3.05, 3.63) is 35.4 Å². The molecule has 16 heavy (non-hydrogen) atoms. The van der Waals surface area contributed by atoms with Crippen LogP contribution in [0.3, 0.4) is 0 Å². The predicted molar refractivity (Wildman–Crippen MR) is 61.1 cm³/mol. The number of carboxylic acids is 1. The van der Waals surface area contributed by atoms with Crippen LogP contribution in [0, 0.1) is 0 Å². The summed E-state index contributed by atoms with van der Waals surface area (Å²) >= 11 is 0. The first-order valence-electron chi connectivity index (χ1n) is 5.11. The number of hydrogen-bond acceptors (Lipinski definition) is 3. The van der Waals surface area contributed by atoms with E-state index in [1.54, 1.807) is 24.3 Å². The number of aromatic carboxylic acids is 1. The molecule has 0 unspecified atom stereocenters. The van der Waals surface area contributed by atoms with Gasteiger partial charge in [-0.2, -0.15) is 5.48 Å². The molecule has 0 fully saturated rings. The minimum Gasteiger partial charge on any atom is -0.478 e. The zero-order valence-electron chi connectivity index (χ0n) is 9.78. The standard InChI is InChI=1S/C12H17NO3/c1-12(2,3)16-13-8-9-4-6-10(7-5-9)11(14)15/h4-7,13H,8H2,1-3H3,(H,14,15). The maximum absolute atomic E-state index is 10.6. The Hall–Kier alpha value is -1.39. The Kier molecular flexibility index (Phi) is 4.04. The molecule has 4 heteroatoms. The van der Waals surface area contributed by atoms with Gasteiger partial charge < -0.3 is 5.11 Å². The van der Waals surface area contributed by atoms with E-state index in [4.69, 9.17) is 9.94 Å². The molecule has 0 saturated carbocycles. The van der Waals surface area contributed by atoms with Gasteiger partial charge in [0.2, 0.25) is 0 Å². The number of rotatable bonds is 4. The maximum Gasteiger partial charge on any atom is 0.335 e. The van der Waals surface area contributed by atoms with Crippen LogP contribution in [0.4, 0.5) is 0 Å². The van der Waals surface area contributed by atoms with Crippen LogP contribution in [0.15, 0.2) is 24.3 Å². The van der Waals surface area contributed by atoms with Crippen LogP contribution in [-0.4, -0.2) is 16.7 Å². The van der Waals surface area contributed by atoms with Gasteiger partial charge in [0.05, 0.1) is 11.2 Å². The molecule has 0 heterocycles. The van der Waals surface area contributed by atoms with Crippen molar-refractivity contribution in [2.24, 2.45) is 0 Å². The van der Waals surface area contributed by atoms with E-state index < -0.39 is 5.97 Å². The highest BCUT2D eigenvalue weighted by atomic mass is 16.7. The van der Waals surface area contributed by atoms with Gasteiger partial charge in [0.15, 0.2) is 0 Å². The molecule has 0 aliphatic carbocycles. The van der Waals surface area contributed by atoms with Gasteiger partial charge in [-0.1, -0.05) is 12.1 Å². The summed E-state index contributed by atoms with van der Waals surface area (Å²) in [5, 5.41) is 8.72. The molecular formula is C12H17NO3. The molecule has 1 rings (SSSR count). The molecule has 0 spiro atoms. The van der Waals surface area contributed by atoms with Crippen molar-refractivity contribution in [3.8, 4) is 0 Å². The molecule has 0 bridgehead atoms. The second-order valence-corrected chi connectivity index (χ2v) is 4.54. The van der Waals surface area contributed by atoms with Crippen molar-refractivity contribution in [1.82, 2.24) is 5.48 Å². The largest absolute Gasteiger partial charge is 0.478 e. The lowest BCUT2D eigenvalue weighted by Crippen LogP contribution is -2.28. The summed E-state index contributed by atoms with van der Waals surface area (Å²) in [5.74, 6) is -0.912. The zero-order chi connectivity index (χ0) is 12.2. The molecule has 0 amide bonds. The maximum atomic E-state index is 10.6. The lowest BCUT2D eigenvalue weighted by Gasteiger charge is -2.19. The Morgan fingerprint density at radius 2 is 1.88 bits per heavy atom. The fourth-order valence-corrected chi connectivity index (χ4v) is 1.10. The summed E-state index contributed by atoms with van der Waals surface area (Å²) in [7, 11) is 0. The number of benzene rings is 1. The lowest BCUT2D eigenvalue weighted by atomic mass is 10.1. The fourth-order valence-electron chi connectivity index (χ4n) is 1.10. The van der Waals surface area contributed by atoms with E-state index in [1.807, 2.05) is 20.8 Å². The molecule has 0 atom stereocenters. The van der Waals surface area contributed by atoms with E-state index in [-0.39, 0.29) is 5.60 Å². The topological polar surface area (TPSA) is 58.6 Å². The highest BCUT2D eigenvalue weighted by Crippen LogP contribution is 2.07. The molecule has 88 valence electrons. The summed E-state index contributed by atoms with van der Waals surface area (Å²) in [6.45, 7) is 6.41. The normalized spacial score (nSPS) is 11.4. The van der Waals surface area contributed by atoms with Crippen LogP contribution in [0.5, 0.6) is 0 Å². The highest BCUT2D eigenvalue weighted by Gasteiger charge is 2.09. The molecule has 0 saturated heterocycles. The SMILES string of the molecule is CC(C)(C)ONCc1ccc(C(=O)O)cc1. The van der Waals surface area contributed by atoms with E-state index in [1.165, 1.54) is 0 Å². The minimum absolute atomic E-state index is 0.235. The molecule has 0 radical (unpaired) electrons. The van der Waals surface area contributed by atoms with Crippen LogP contribution in [0.25, 0.3) is 0 Å². The Morgan fingerprint density at radius 1 is 1.31 bits per heavy atom. The van der Waals surface area contributed by atoms with Gasteiger partial charge in [-0.15, -0.1) is 0 Å². The Morgan fingerprint density at radius 3 is 2.31 bits per heavy atom. The summed E-state index contributed by atoms with van der Waals surface area (Å²) in [6, 6.07) is 6.69. The van der Waals surface area contributed by atoms with Crippen LogP contribution in [-0.2, 0) is 11.4 Å². The van der Waals surface area contributed by atoms with Gasteiger partial charge in [-0.25, -0.2) is 4.79 Å². The third kappa shape index (κ3) is 4.42. The Labute approximate surface area is 95.2 Å². The average molecular weight is 223 g/mol. The van der Waals surface area contributed by atoms with Gasteiger partial charge in [0.25, 0.3) is 0 Å². The van der Waals surface area contributed by atoms with E-state index >= 15 is 0 Å². The summed E-state index contributed by atoms with van der Waals surface area (Å²) < 4.78 is 0. The van der Waals surface area contributed by atoms with Crippen LogP contribution in [0.2, 0.25) is 0 Å². The predicted octanol–water partition coefficient (Wildman–Crippen LogP) is 2.20. The van der Waals surface area contributed by atoms with Gasteiger partial charge in [-0.05, 0) is 38.5 Å². The van der Waals surface area contributed by atoms with Gasteiger partial charge in [0, 0.05) is 6.54 Å². The van der Waals surface area contributed by atoms with Crippen molar-refractivity contribution < 1.29 is 14.7 Å². The molecular weight excluding hydrogens is 206 g/mol. The molecule has 0 aliphatic heterocycles. The summed E-state index contributed by atoms with van der Waals surface area (Å²) in [5.41, 5.74) is 3.88. The third-order valence-electron chi connectivity index (χ3n) is 1.86. The average Bonchev–Trinajstić information content (AvgIpc) is 2.16. The van der Waals surface area contributed by atoms with Crippen LogP contribution < -0.4 is 5.48 Å². The highest BCUT2D eigenvalue weighted by molar-refractivity contribution is 5.87. The Balaban J connectivity index is 2.47. The van der Waals surface area contributed by atoms with E-state index in [9.17, 15) is 4.79 Å². The molecule has 0 aliphatic rings. The summed E-state index contributed by atoms with van der Waals surface area (Å²) in [4.78, 5) is 16.0. The fraction of sp³-hybridized carbons (Fsp3) is 0.417. The molecule has 4 nitrogen and oxygen atoms in total. The van der Waals surface area contributed by atoms with E-state index in [0.717, 1.165) is 5.56 Å². The van der Waals surface area contributed by atoms with Crippen molar-refractivity contribution in [3.63, 3.8) is 0 Å². The third-order valence-corrected chi connectivity index (χ3v) is 1.86. The van der Waals surface area contributed by atoms with Crippen molar-refractivity contribution >= 4 is 5.97 Å². The Bertz CT molecular complexity index is 352. The van der Waals surface area contributed by atoms with Gasteiger partial charge in [0.1, 0.15) is 0 Å². The van der Waals surface area contributed by atoms with Crippen LogP contribution in [0.1, 0.15) is 36.7 Å². The van der Waals surface area contributed by atoms with Crippen molar-refractivity contribution in [1.29, 1.82) is 0 Å². The monoisotopic (exact) mass is 223 g/mol. The quantitative estimate of drug-likeness (QED) is 0.768. The minimum atomic E-state index is -0.912. The summed E-state index contributed by atoms with van der Waals surface area (Å²) in [6.07, 6.45) is 0. The number of hydrogen-bond donors (Lipinski definition) is 2. The first kappa shape index (κ1) is 12.7. The van der Waals surface area contributed by atoms with Crippen LogP contribution >= 0.6 is 0 Å². The number of carbonyl (C=O) groups is 1. The zero-order valence-corrected chi connectivity index (χ0v) is 9.78. The second kappa shape index (κ2) is 5.09. The smallest absolute Gasteiger partial charge is 0.335 e. The van der Waals surface area contributed by atoms with E-state index in [2.05, 4.69) is 5.48 Å². The molecule has 1 aromatic carbocycles. The second-order valence-electron chi connectivity index (χ2n) is 4.54. The van der Waals surface area contributed by atoms with E-state index in [0.29, 0.717) is 12.1 Å². The molecule has 1 aromatic rings. The first-order valence-corrected chi connectivity index (χ1v) is 5.11. The van der Waals surface area contributed by atoms with Crippen molar-refractivity contribution in [2.45, 2.75) is 32.9 Å². The lowest BCUT2D eigenvalue weighted by molar-refractivity contribution is -0.0757. The number of nitrogens with one attached hydrogen (secondary N) is 1. The first-order chi connectivity index (χ1) is 7.38. The number of carboxylic acid groups (broad SMARTS) is 1. The molecule has 0 aromatic heterocycles.